The summed E-state index contributed by atoms with van der Waals surface area (Å²) in [6.07, 6.45) is -42.6. The number of ketones is 2. The highest BCUT2D eigenvalue weighted by molar-refractivity contribution is 7.80. The van der Waals surface area contributed by atoms with Crippen LogP contribution in [0.25, 0.3) is 0 Å². The standard InChI is InChI=1S/C60H92O32S/c1-22(2)16-24(62)18-59(8)30-11-14-58(7)33-25(10-15-60(30,58)55(76)92-59)57(6)13-12-32(56(4,5)31(57)17-26(33)63)87-54-48(36(66)28(20-81-54)85-51-39(69)37(67)34(64)29(86-51)21-82-93(77,78)79)91-50-40(70)38(68)44(23(3)83-50)88-52-43(73)46(35(65)27(19-61)84-52)89-53-42(72)45(80-9)41(71)47(90-53)49(74)75/h22-23,27-32,34-48,50-54,61,64-73H,10-21H2,1-9H3,(H,74,75)(H,77,78,79)/t23-,27-,28-,29-,30-,31+,32+,34-,35-,36+,37+,38-,39-,40-,41+,42-,43-,44-,45+,46+,47+,48-,50+,51-,52+,53-,54+,57-,58+,59+,60-/m1/s1. The minimum atomic E-state index is -5.11. The lowest BCUT2D eigenvalue weighted by atomic mass is 9.43. The fourth-order valence-corrected chi connectivity index (χ4v) is 17.7. The molecule has 6 heterocycles. The van der Waals surface area contributed by atoms with E-state index in [4.69, 9.17) is 56.8 Å². The summed E-state index contributed by atoms with van der Waals surface area (Å²) >= 11 is 0. The molecule has 530 valence electrons. The molecule has 33 heteroatoms. The number of aliphatic hydroxyl groups is 11. The van der Waals surface area contributed by atoms with E-state index in [2.05, 4.69) is 11.1 Å². The number of hydrogen-bond acceptors (Lipinski definition) is 30. The highest BCUT2D eigenvalue weighted by Gasteiger charge is 2.76. The van der Waals surface area contributed by atoms with Gasteiger partial charge in [-0.15, -0.1) is 0 Å². The first-order valence-electron chi connectivity index (χ1n) is 31.7. The van der Waals surface area contributed by atoms with Crippen molar-refractivity contribution < 1.29 is 154 Å². The van der Waals surface area contributed by atoms with Gasteiger partial charge in [0.2, 0.25) is 0 Å². The molecule has 0 aromatic rings. The van der Waals surface area contributed by atoms with Crippen LogP contribution in [0.5, 0.6) is 0 Å². The Morgan fingerprint density at radius 1 is 0.656 bits per heavy atom. The summed E-state index contributed by atoms with van der Waals surface area (Å²) in [5, 5.41) is 133. The molecule has 10 rings (SSSR count). The lowest BCUT2D eigenvalue weighted by Gasteiger charge is -2.61. The van der Waals surface area contributed by atoms with Crippen molar-refractivity contribution in [1.29, 1.82) is 0 Å². The predicted molar refractivity (Wildman–Crippen MR) is 305 cm³/mol. The molecule has 32 nitrogen and oxygen atoms in total. The first-order valence-corrected chi connectivity index (χ1v) is 33.1. The summed E-state index contributed by atoms with van der Waals surface area (Å²) in [5.41, 5.74) is -2.80. The minimum Gasteiger partial charge on any atom is -0.479 e. The van der Waals surface area contributed by atoms with Crippen molar-refractivity contribution in [1.82, 2.24) is 0 Å². The number of rotatable bonds is 20. The molecule has 4 aliphatic carbocycles. The zero-order valence-electron chi connectivity index (χ0n) is 53.1. The first-order chi connectivity index (χ1) is 43.4. The van der Waals surface area contributed by atoms with E-state index >= 15 is 4.79 Å². The topological polar surface area (TPSA) is 485 Å². The van der Waals surface area contributed by atoms with Crippen LogP contribution >= 0.6 is 0 Å². The molecule has 0 radical (unpaired) electrons. The Balaban J connectivity index is 0.888. The van der Waals surface area contributed by atoms with Crippen LogP contribution in [0.15, 0.2) is 11.1 Å². The Morgan fingerprint density at radius 3 is 1.91 bits per heavy atom. The highest BCUT2D eigenvalue weighted by Crippen LogP contribution is 2.75. The Bertz CT molecular complexity index is 2900. The zero-order valence-corrected chi connectivity index (χ0v) is 53.9. The van der Waals surface area contributed by atoms with Gasteiger partial charge in [-0.2, -0.15) is 8.42 Å². The molecule has 6 aliphatic heterocycles. The third-order valence-electron chi connectivity index (χ3n) is 22.1. The van der Waals surface area contributed by atoms with Crippen LogP contribution in [-0.2, 0) is 90.6 Å². The summed E-state index contributed by atoms with van der Waals surface area (Å²) in [6.45, 7) is 12.5. The molecular formula is C60H92O32S. The molecule has 93 heavy (non-hydrogen) atoms. The number of Topliss-reactive ketones (excluding diaryl/α,β-unsaturated/α-hetero) is 2. The third-order valence-corrected chi connectivity index (χ3v) is 22.6. The van der Waals surface area contributed by atoms with Crippen LogP contribution in [-0.4, -0.2) is 284 Å². The second-order valence-corrected chi connectivity index (χ2v) is 29.7. The molecule has 0 unspecified atom stereocenters. The largest absolute Gasteiger partial charge is 0.479 e. The van der Waals surface area contributed by atoms with Gasteiger partial charge in [0.25, 0.3) is 0 Å². The van der Waals surface area contributed by atoms with Crippen LogP contribution in [0.4, 0.5) is 0 Å². The van der Waals surface area contributed by atoms with Crippen molar-refractivity contribution in [3.63, 3.8) is 0 Å². The molecule has 31 atom stereocenters. The molecule has 2 saturated carbocycles. The van der Waals surface area contributed by atoms with Crippen LogP contribution in [0.3, 0.4) is 0 Å². The maximum Gasteiger partial charge on any atom is 0.397 e. The van der Waals surface area contributed by atoms with Crippen molar-refractivity contribution in [2.24, 2.45) is 39.4 Å². The quantitative estimate of drug-likeness (QED) is 0.0425. The van der Waals surface area contributed by atoms with Gasteiger partial charge in [-0.3, -0.25) is 18.9 Å². The van der Waals surface area contributed by atoms with E-state index in [-0.39, 0.29) is 48.1 Å². The van der Waals surface area contributed by atoms with Gasteiger partial charge in [-0.1, -0.05) is 47.1 Å². The second-order valence-electron chi connectivity index (χ2n) is 28.6. The number of fused-ring (bicyclic) bond motifs is 3. The number of carbonyl (C=O) groups excluding carboxylic acids is 3. The van der Waals surface area contributed by atoms with E-state index in [0.717, 1.165) is 12.7 Å². The summed E-state index contributed by atoms with van der Waals surface area (Å²) in [6, 6.07) is 0. The van der Waals surface area contributed by atoms with Gasteiger partial charge in [0.05, 0.1) is 37.4 Å². The van der Waals surface area contributed by atoms with E-state index in [1.54, 1.807) is 0 Å². The number of allylic oxidation sites excluding steroid dienone is 2. The molecule has 6 saturated heterocycles. The summed E-state index contributed by atoms with van der Waals surface area (Å²) < 4.78 is 108. The van der Waals surface area contributed by atoms with E-state index in [9.17, 15) is 88.6 Å². The lowest BCUT2D eigenvalue weighted by Crippen LogP contribution is -2.67. The Morgan fingerprint density at radius 2 is 1.27 bits per heavy atom. The van der Waals surface area contributed by atoms with Gasteiger partial charge in [0.15, 0.2) is 43.3 Å². The molecule has 1 spiro atoms. The summed E-state index contributed by atoms with van der Waals surface area (Å²) in [5.74, 6) is -2.72. The lowest BCUT2D eigenvalue weighted by molar-refractivity contribution is -0.393. The molecule has 13 N–H and O–H groups in total. The number of esters is 1. The Labute approximate surface area is 536 Å². The van der Waals surface area contributed by atoms with Gasteiger partial charge in [0, 0.05) is 43.3 Å². The molecule has 0 aromatic carbocycles. The van der Waals surface area contributed by atoms with Crippen LogP contribution in [0, 0.1) is 39.4 Å². The number of carboxylic acid groups (broad SMARTS) is 1. The van der Waals surface area contributed by atoms with Gasteiger partial charge >= 0.3 is 22.3 Å². The number of ether oxygens (including phenoxy) is 12. The maximum atomic E-state index is 15.2. The fourth-order valence-electron chi connectivity index (χ4n) is 17.4. The average Bonchev–Trinajstić information content (AvgIpc) is 1.55. The van der Waals surface area contributed by atoms with E-state index in [1.807, 2.05) is 41.5 Å². The molecule has 0 amide bonds. The van der Waals surface area contributed by atoms with Crippen molar-refractivity contribution in [3.8, 4) is 0 Å². The fraction of sp³-hybridized carbons (Fsp3) is 0.900. The molecule has 10 aliphatic rings. The van der Waals surface area contributed by atoms with Crippen molar-refractivity contribution in [2.75, 3.05) is 26.9 Å². The van der Waals surface area contributed by atoms with Crippen LogP contribution in [0.1, 0.15) is 113 Å². The van der Waals surface area contributed by atoms with E-state index < -0.39 is 217 Å². The van der Waals surface area contributed by atoms with Gasteiger partial charge < -0.3 is 118 Å². The smallest absolute Gasteiger partial charge is 0.397 e. The number of aliphatic hydroxyl groups excluding tert-OH is 11. The van der Waals surface area contributed by atoms with Crippen molar-refractivity contribution >= 4 is 33.9 Å². The van der Waals surface area contributed by atoms with Crippen LogP contribution < -0.4 is 0 Å². The highest BCUT2D eigenvalue weighted by atomic mass is 32.3. The van der Waals surface area contributed by atoms with Gasteiger partial charge in [-0.25, -0.2) is 8.98 Å². The van der Waals surface area contributed by atoms with Gasteiger partial charge in [-0.05, 0) is 75.0 Å². The molecule has 0 aromatic heterocycles. The molecule has 8 fully saturated rings. The third kappa shape index (κ3) is 12.8. The Kier molecular flexibility index (Phi) is 21.1. The number of cyclic esters (lactones) is 1. The van der Waals surface area contributed by atoms with E-state index in [1.165, 1.54) is 6.92 Å². The van der Waals surface area contributed by atoms with E-state index in [0.29, 0.717) is 50.5 Å². The average molecular weight is 1360 g/mol. The number of methoxy groups -OCH3 is 1. The number of hydrogen-bond donors (Lipinski definition) is 13. The van der Waals surface area contributed by atoms with Gasteiger partial charge in [0.1, 0.15) is 115 Å². The molecule has 0 bridgehead atoms. The molecular weight excluding hydrogens is 1260 g/mol. The van der Waals surface area contributed by atoms with Crippen molar-refractivity contribution in [2.45, 2.75) is 272 Å². The zero-order chi connectivity index (χ0) is 68.3. The SMILES string of the molecule is CO[C@@H]1[C@@H](O)[C@H](O[C@@H]2[C@@H](O)[C@H](O[C@H]3[C@H](O)[C@@H](O)[C@H](O[C@H]4[C@H](O[C@H]5CC[C@]6(C)C7=C(C(=O)C[C@H]6C5(C)C)[C@]5(C)CC[C@H]6[C@]5(CC7)C(=O)O[C@@]6(C)CC(=O)CC(C)C)OC[C@@H](O[C@@H]5O[C@H](COS(=O)(=O)O)[C@@H](O)[C@H](O)[C@H]5O)[C@@H]4O)O[C@@H]3C)O[C@H](CO)[C@H]2O)O[C@H](C(=O)O)[C@H]1O. The summed E-state index contributed by atoms with van der Waals surface area (Å²) in [7, 11) is -4.05. The van der Waals surface area contributed by atoms with Crippen LogP contribution in [0.2, 0.25) is 0 Å². The predicted octanol–water partition coefficient (Wildman–Crippen LogP) is -3.06. The first kappa shape index (κ1) is 72.7. The monoisotopic (exact) mass is 1360 g/mol. The minimum absolute atomic E-state index is 0.0119. The maximum absolute atomic E-state index is 15.2. The van der Waals surface area contributed by atoms with Crippen molar-refractivity contribution in [3.05, 3.63) is 11.1 Å². The second kappa shape index (κ2) is 26.9. The number of aliphatic carboxylic acids is 1. The Hall–Kier alpha value is -2.99. The summed E-state index contributed by atoms with van der Waals surface area (Å²) in [4.78, 5) is 55.0. The number of carbonyl (C=O) groups is 4. The number of carboxylic acids is 1. The normalized spacial score (nSPS) is 49.2.